The number of hydrogen-bond acceptors (Lipinski definition) is 6. The van der Waals surface area contributed by atoms with Crippen molar-refractivity contribution in [2.45, 2.75) is 19.9 Å². The van der Waals surface area contributed by atoms with Crippen molar-refractivity contribution in [2.24, 2.45) is 4.99 Å². The molecule has 5 rings (SSSR count). The third-order valence-electron chi connectivity index (χ3n) is 6.05. The van der Waals surface area contributed by atoms with Crippen molar-refractivity contribution in [2.75, 3.05) is 18.6 Å². The van der Waals surface area contributed by atoms with E-state index in [4.69, 9.17) is 16.3 Å². The van der Waals surface area contributed by atoms with Gasteiger partial charge in [0.05, 0.1) is 35.7 Å². The van der Waals surface area contributed by atoms with E-state index >= 15 is 0 Å². The Morgan fingerprint density at radius 3 is 2.53 bits per heavy atom. The molecule has 0 radical (unpaired) electrons. The van der Waals surface area contributed by atoms with Crippen LogP contribution in [0.3, 0.4) is 0 Å². The lowest BCUT2D eigenvalue weighted by atomic mass is 9.96. The highest BCUT2D eigenvalue weighted by Crippen LogP contribution is 2.35. The van der Waals surface area contributed by atoms with Crippen molar-refractivity contribution in [3.8, 4) is 0 Å². The molecule has 9 heteroatoms. The molecule has 0 saturated heterocycles. The van der Waals surface area contributed by atoms with E-state index in [9.17, 15) is 14.4 Å². The summed E-state index contributed by atoms with van der Waals surface area (Å²) in [5, 5.41) is 0.534. The fourth-order valence-electron chi connectivity index (χ4n) is 4.52. The summed E-state index contributed by atoms with van der Waals surface area (Å²) in [5.41, 5.74) is 2.87. The van der Waals surface area contributed by atoms with Crippen molar-refractivity contribution in [1.29, 1.82) is 0 Å². The van der Waals surface area contributed by atoms with Gasteiger partial charge in [-0.2, -0.15) is 0 Å². The van der Waals surface area contributed by atoms with Crippen LogP contribution in [0.1, 0.15) is 31.0 Å². The number of halogens is 1. The highest BCUT2D eigenvalue weighted by atomic mass is 35.5. The number of aromatic nitrogens is 1. The molecule has 3 aromatic rings. The second kappa shape index (κ2) is 8.38. The monoisotopic (exact) mass is 493 g/mol. The standard InChI is InChI=1S/C25H20ClN3O4S/c1-4-28-17-8-6-5-7-16(17)19(22(28)30)21-23(31)29-20(14-9-11-15(26)12-10-14)18(24(32)33-3)13(2)27-25(29)34-21/h5-12,20H,4H2,1-3H3/b21-19+/t20-/m0/s1. The van der Waals surface area contributed by atoms with Crippen LogP contribution in [0.4, 0.5) is 5.69 Å². The number of methoxy groups -OCH3 is 1. The molecule has 0 bridgehead atoms. The van der Waals surface area contributed by atoms with Gasteiger partial charge in [-0.3, -0.25) is 14.2 Å². The smallest absolute Gasteiger partial charge is 0.338 e. The minimum Gasteiger partial charge on any atom is -0.466 e. The fourth-order valence-corrected chi connectivity index (χ4v) is 5.78. The molecule has 0 aliphatic carbocycles. The first kappa shape index (κ1) is 22.3. The minimum absolute atomic E-state index is 0.221. The van der Waals surface area contributed by atoms with Gasteiger partial charge in [-0.15, -0.1) is 0 Å². The predicted octanol–water partition coefficient (Wildman–Crippen LogP) is 2.80. The molecule has 34 heavy (non-hydrogen) atoms. The Morgan fingerprint density at radius 2 is 1.85 bits per heavy atom. The van der Waals surface area contributed by atoms with E-state index in [1.54, 1.807) is 36.1 Å². The SMILES string of the molecule is CCN1C(=O)/C(=c2/sc3n(c2=O)[C@@H](c2ccc(Cl)cc2)C(C(=O)OC)=C(C)N=3)c2ccccc21. The second-order valence-corrected chi connectivity index (χ2v) is 9.30. The van der Waals surface area contributed by atoms with Crippen LogP contribution >= 0.6 is 22.9 Å². The average Bonchev–Trinajstić information content (AvgIpc) is 3.30. The summed E-state index contributed by atoms with van der Waals surface area (Å²) < 4.78 is 6.80. The molecule has 0 N–H and O–H groups in total. The Hall–Kier alpha value is -3.49. The molecule has 0 unspecified atom stereocenters. The molecule has 0 saturated carbocycles. The van der Waals surface area contributed by atoms with Crippen molar-refractivity contribution in [1.82, 2.24) is 4.57 Å². The number of fused-ring (bicyclic) bond motifs is 2. The Morgan fingerprint density at radius 1 is 1.15 bits per heavy atom. The molecule has 0 spiro atoms. The maximum Gasteiger partial charge on any atom is 0.338 e. The summed E-state index contributed by atoms with van der Waals surface area (Å²) in [7, 11) is 1.29. The zero-order valence-corrected chi connectivity index (χ0v) is 20.2. The summed E-state index contributed by atoms with van der Waals surface area (Å²) in [6.45, 7) is 4.09. The van der Waals surface area contributed by atoms with E-state index in [0.29, 0.717) is 43.3 Å². The lowest BCUT2D eigenvalue weighted by molar-refractivity contribution is -0.136. The van der Waals surface area contributed by atoms with Gasteiger partial charge in [0.2, 0.25) is 0 Å². The number of hydrogen-bond donors (Lipinski definition) is 0. The maximum atomic E-state index is 13.9. The summed E-state index contributed by atoms with van der Waals surface area (Å²) in [4.78, 5) is 46.6. The third kappa shape index (κ3) is 3.25. The van der Waals surface area contributed by atoms with Crippen molar-refractivity contribution in [3.63, 3.8) is 0 Å². The zero-order chi connectivity index (χ0) is 24.1. The molecule has 2 aliphatic heterocycles. The van der Waals surface area contributed by atoms with E-state index in [2.05, 4.69) is 4.99 Å². The van der Waals surface area contributed by atoms with Gasteiger partial charge in [0.15, 0.2) is 4.80 Å². The topological polar surface area (TPSA) is 81.0 Å². The zero-order valence-electron chi connectivity index (χ0n) is 18.7. The van der Waals surface area contributed by atoms with E-state index < -0.39 is 12.0 Å². The highest BCUT2D eigenvalue weighted by Gasteiger charge is 2.36. The molecular weight excluding hydrogens is 474 g/mol. The molecule has 1 aromatic heterocycles. The number of rotatable bonds is 3. The second-order valence-electron chi connectivity index (χ2n) is 7.89. The van der Waals surface area contributed by atoms with Crippen molar-refractivity contribution >= 4 is 46.1 Å². The van der Waals surface area contributed by atoms with Gasteiger partial charge in [0, 0.05) is 17.1 Å². The first-order valence-corrected chi connectivity index (χ1v) is 11.9. The number of carbonyl (C=O) groups is 2. The molecule has 2 aliphatic rings. The number of allylic oxidation sites excluding steroid dienone is 1. The predicted molar refractivity (Wildman–Crippen MR) is 131 cm³/mol. The van der Waals surface area contributed by atoms with E-state index in [1.807, 2.05) is 31.2 Å². The Kier molecular flexibility index (Phi) is 5.50. The van der Waals surface area contributed by atoms with Gasteiger partial charge in [-0.1, -0.05) is 53.3 Å². The van der Waals surface area contributed by atoms with Gasteiger partial charge in [-0.25, -0.2) is 9.79 Å². The molecule has 1 atom stereocenters. The minimum atomic E-state index is -0.760. The van der Waals surface area contributed by atoms with Crippen LogP contribution in [0, 0.1) is 0 Å². The molecule has 172 valence electrons. The normalized spacial score (nSPS) is 18.5. The van der Waals surface area contributed by atoms with Crippen LogP contribution in [0.5, 0.6) is 0 Å². The maximum absolute atomic E-state index is 13.9. The number of carbonyl (C=O) groups excluding carboxylic acids is 2. The van der Waals surface area contributed by atoms with E-state index in [1.165, 1.54) is 11.7 Å². The van der Waals surface area contributed by atoms with Crippen LogP contribution in [0.25, 0.3) is 5.57 Å². The number of nitrogens with zero attached hydrogens (tertiary/aromatic N) is 3. The van der Waals surface area contributed by atoms with Crippen LogP contribution < -0.4 is 19.8 Å². The van der Waals surface area contributed by atoms with Crippen LogP contribution in [0.2, 0.25) is 5.02 Å². The average molecular weight is 494 g/mol. The number of thiazole rings is 1. The van der Waals surface area contributed by atoms with Gasteiger partial charge < -0.3 is 9.64 Å². The Balaban J connectivity index is 1.85. The molecule has 3 heterocycles. The summed E-state index contributed by atoms with van der Waals surface area (Å²) in [6.07, 6.45) is 0. The number of likely N-dealkylation sites (N-methyl/N-ethyl adjacent to an activating group) is 1. The van der Waals surface area contributed by atoms with Crippen molar-refractivity contribution in [3.05, 3.63) is 95.6 Å². The number of ether oxygens (including phenoxy) is 1. The highest BCUT2D eigenvalue weighted by molar-refractivity contribution is 7.07. The number of benzene rings is 2. The molecule has 7 nitrogen and oxygen atoms in total. The lowest BCUT2D eigenvalue weighted by Crippen LogP contribution is -2.40. The molecule has 1 amide bonds. The summed E-state index contributed by atoms with van der Waals surface area (Å²) >= 11 is 7.24. The number of para-hydroxylation sites is 1. The van der Waals surface area contributed by atoms with E-state index in [0.717, 1.165) is 17.0 Å². The first-order valence-electron chi connectivity index (χ1n) is 10.7. The van der Waals surface area contributed by atoms with Gasteiger partial charge in [-0.05, 0) is 37.6 Å². The largest absolute Gasteiger partial charge is 0.466 e. The number of esters is 1. The van der Waals surface area contributed by atoms with Gasteiger partial charge in [0.1, 0.15) is 4.53 Å². The molecule has 0 fully saturated rings. The Labute approximate surface area is 203 Å². The first-order chi connectivity index (χ1) is 16.4. The number of anilines is 1. The van der Waals surface area contributed by atoms with Crippen molar-refractivity contribution < 1.29 is 14.3 Å². The fraction of sp³-hybridized carbons (Fsp3) is 0.200. The lowest BCUT2D eigenvalue weighted by Gasteiger charge is -2.24. The molecular formula is C25H20ClN3O4S. The quantitative estimate of drug-likeness (QED) is 0.525. The third-order valence-corrected chi connectivity index (χ3v) is 7.36. The van der Waals surface area contributed by atoms with Crippen LogP contribution in [-0.4, -0.2) is 30.1 Å². The van der Waals surface area contributed by atoms with Gasteiger partial charge in [0.25, 0.3) is 11.5 Å². The summed E-state index contributed by atoms with van der Waals surface area (Å²) in [5.74, 6) is -0.792. The van der Waals surface area contributed by atoms with Crippen LogP contribution in [-0.2, 0) is 14.3 Å². The van der Waals surface area contributed by atoms with E-state index in [-0.39, 0.29) is 17.0 Å². The van der Waals surface area contributed by atoms with Gasteiger partial charge >= 0.3 is 5.97 Å². The number of amides is 1. The van der Waals surface area contributed by atoms with Crippen LogP contribution in [0.15, 0.2) is 69.6 Å². The Bertz CT molecular complexity index is 1570. The molecule has 2 aromatic carbocycles. The summed E-state index contributed by atoms with van der Waals surface area (Å²) in [6, 6.07) is 13.6.